The van der Waals surface area contributed by atoms with Gasteiger partial charge in [-0.3, -0.25) is 9.69 Å². The molecule has 7 nitrogen and oxygen atoms in total. The van der Waals surface area contributed by atoms with Crippen molar-refractivity contribution in [1.29, 1.82) is 0 Å². The molecule has 0 fully saturated rings. The van der Waals surface area contributed by atoms with Gasteiger partial charge < -0.3 is 18.9 Å². The van der Waals surface area contributed by atoms with Gasteiger partial charge in [-0.15, -0.1) is 0 Å². The number of aromatic nitrogens is 1. The highest BCUT2D eigenvalue weighted by molar-refractivity contribution is 7.22. The number of carbonyl (C=O) groups is 1. The summed E-state index contributed by atoms with van der Waals surface area (Å²) in [5.41, 5.74) is 2.48. The molecule has 4 aromatic rings. The van der Waals surface area contributed by atoms with Crippen LogP contribution in [-0.4, -0.2) is 38.8 Å². The molecule has 1 amide bonds. The Morgan fingerprint density at radius 2 is 1.67 bits per heavy atom. The summed E-state index contributed by atoms with van der Waals surface area (Å²) >= 11 is 1.46. The number of carbonyl (C=O) groups excluding carboxylic acids is 1. The second-order valence-electron chi connectivity index (χ2n) is 7.73. The smallest absolute Gasteiger partial charge is 0.253 e. The Balaban J connectivity index is 1.70. The fraction of sp³-hybridized carbons (Fsp3) is 0.214. The number of fused-ring (bicyclic) bond motifs is 1. The Morgan fingerprint density at radius 1 is 0.944 bits per heavy atom. The van der Waals surface area contributed by atoms with Crippen LogP contribution in [0.15, 0.2) is 66.7 Å². The Bertz CT molecular complexity index is 1340. The van der Waals surface area contributed by atoms with Gasteiger partial charge in [0.05, 0.1) is 39.2 Å². The Morgan fingerprint density at radius 3 is 2.31 bits per heavy atom. The molecular weight excluding hydrogens is 476 g/mol. The van der Waals surface area contributed by atoms with Crippen molar-refractivity contribution in [2.75, 3.05) is 32.8 Å². The van der Waals surface area contributed by atoms with Gasteiger partial charge in [0.25, 0.3) is 5.91 Å². The van der Waals surface area contributed by atoms with Crippen molar-refractivity contribution < 1.29 is 23.7 Å². The molecule has 0 aliphatic heterocycles. The van der Waals surface area contributed by atoms with Gasteiger partial charge in [-0.2, -0.15) is 0 Å². The van der Waals surface area contributed by atoms with Gasteiger partial charge >= 0.3 is 0 Å². The molecule has 0 saturated carbocycles. The van der Waals surface area contributed by atoms with Gasteiger partial charge in [-0.1, -0.05) is 47.7 Å². The highest BCUT2D eigenvalue weighted by atomic mass is 32.1. The number of methoxy groups -OCH3 is 3. The first-order valence-corrected chi connectivity index (χ1v) is 12.3. The van der Waals surface area contributed by atoms with Crippen LogP contribution in [0.1, 0.15) is 18.1 Å². The molecule has 36 heavy (non-hydrogen) atoms. The molecule has 0 saturated heterocycles. The molecule has 4 rings (SSSR count). The molecule has 0 aliphatic carbocycles. The average molecular weight is 505 g/mol. The van der Waals surface area contributed by atoms with Crippen LogP contribution in [-0.2, 0) is 11.3 Å². The normalized spacial score (nSPS) is 11.0. The van der Waals surface area contributed by atoms with E-state index >= 15 is 0 Å². The Hall–Kier alpha value is -4.04. The SMILES string of the molecule is CCOc1cccc2sc(N(Cc3ccccc3)C(=O)/C=C/c3cc(OC)c(OC)c(OC)c3)nc12. The molecule has 0 atom stereocenters. The van der Waals surface area contributed by atoms with E-state index in [1.807, 2.05) is 55.5 Å². The average Bonchev–Trinajstić information content (AvgIpc) is 3.35. The van der Waals surface area contributed by atoms with Gasteiger partial charge in [-0.05, 0) is 48.4 Å². The van der Waals surface area contributed by atoms with E-state index in [-0.39, 0.29) is 5.91 Å². The standard InChI is InChI=1S/C28H28N2O5S/c1-5-35-21-12-9-13-24-26(21)29-28(36-24)30(18-19-10-7-6-8-11-19)25(31)15-14-20-16-22(32-2)27(34-4)23(17-20)33-3/h6-17H,5,18H2,1-4H3/b15-14+. The number of nitrogens with zero attached hydrogens (tertiary/aromatic N) is 2. The fourth-order valence-electron chi connectivity index (χ4n) is 3.76. The van der Waals surface area contributed by atoms with E-state index in [2.05, 4.69) is 0 Å². The summed E-state index contributed by atoms with van der Waals surface area (Å²) in [7, 11) is 4.66. The third-order valence-electron chi connectivity index (χ3n) is 5.46. The highest BCUT2D eigenvalue weighted by Gasteiger charge is 2.20. The first kappa shape index (κ1) is 25.1. The van der Waals surface area contributed by atoms with Crippen LogP contribution >= 0.6 is 11.3 Å². The zero-order valence-corrected chi connectivity index (χ0v) is 21.5. The molecule has 1 heterocycles. The van der Waals surface area contributed by atoms with Crippen molar-refractivity contribution in [2.24, 2.45) is 0 Å². The minimum absolute atomic E-state index is 0.204. The number of anilines is 1. The summed E-state index contributed by atoms with van der Waals surface area (Å²) in [5, 5.41) is 0.598. The maximum absolute atomic E-state index is 13.5. The summed E-state index contributed by atoms with van der Waals surface area (Å²) in [5.74, 6) is 2.02. The van der Waals surface area contributed by atoms with E-state index in [0.29, 0.717) is 41.3 Å². The fourth-order valence-corrected chi connectivity index (χ4v) is 4.75. The zero-order chi connectivity index (χ0) is 25.5. The predicted molar refractivity (Wildman–Crippen MR) is 144 cm³/mol. The van der Waals surface area contributed by atoms with E-state index in [1.54, 1.807) is 44.4 Å². The first-order valence-electron chi connectivity index (χ1n) is 11.4. The number of hydrogen-bond donors (Lipinski definition) is 0. The van der Waals surface area contributed by atoms with Gasteiger partial charge in [0.2, 0.25) is 5.75 Å². The Kier molecular flexibility index (Phi) is 8.07. The van der Waals surface area contributed by atoms with E-state index in [4.69, 9.17) is 23.9 Å². The topological polar surface area (TPSA) is 70.1 Å². The van der Waals surface area contributed by atoms with Gasteiger partial charge in [0, 0.05) is 6.08 Å². The van der Waals surface area contributed by atoms with Crippen molar-refractivity contribution in [1.82, 2.24) is 4.98 Å². The first-order chi connectivity index (χ1) is 17.6. The molecule has 0 unspecified atom stereocenters. The number of thiazole rings is 1. The largest absolute Gasteiger partial charge is 0.493 e. The van der Waals surface area contributed by atoms with Crippen LogP contribution < -0.4 is 23.8 Å². The lowest BCUT2D eigenvalue weighted by Gasteiger charge is -2.18. The minimum Gasteiger partial charge on any atom is -0.493 e. The lowest BCUT2D eigenvalue weighted by Crippen LogP contribution is -2.28. The summed E-state index contributed by atoms with van der Waals surface area (Å²) in [6.45, 7) is 2.85. The van der Waals surface area contributed by atoms with E-state index in [0.717, 1.165) is 21.3 Å². The van der Waals surface area contributed by atoms with Gasteiger partial charge in [0.1, 0.15) is 11.3 Å². The number of hydrogen-bond acceptors (Lipinski definition) is 7. The Labute approximate surface area is 214 Å². The third-order valence-corrected chi connectivity index (χ3v) is 6.50. The molecule has 0 spiro atoms. The molecule has 0 radical (unpaired) electrons. The number of rotatable bonds is 10. The molecule has 8 heteroatoms. The van der Waals surface area contributed by atoms with Crippen LogP contribution in [0.3, 0.4) is 0 Å². The lowest BCUT2D eigenvalue weighted by atomic mass is 10.1. The molecule has 0 N–H and O–H groups in total. The second kappa shape index (κ2) is 11.6. The molecule has 0 bridgehead atoms. The summed E-state index contributed by atoms with van der Waals surface area (Å²) in [4.78, 5) is 20.0. The maximum atomic E-state index is 13.5. The summed E-state index contributed by atoms with van der Waals surface area (Å²) < 4.78 is 23.0. The summed E-state index contributed by atoms with van der Waals surface area (Å²) in [6, 6.07) is 19.2. The van der Waals surface area contributed by atoms with Crippen LogP contribution in [0.4, 0.5) is 5.13 Å². The number of benzene rings is 3. The van der Waals surface area contributed by atoms with Crippen LogP contribution in [0, 0.1) is 0 Å². The minimum atomic E-state index is -0.204. The third kappa shape index (κ3) is 5.44. The van der Waals surface area contributed by atoms with Crippen molar-refractivity contribution in [3.05, 3.63) is 77.9 Å². The highest BCUT2D eigenvalue weighted by Crippen LogP contribution is 2.39. The van der Waals surface area contributed by atoms with Crippen molar-refractivity contribution in [3.8, 4) is 23.0 Å². The lowest BCUT2D eigenvalue weighted by molar-refractivity contribution is -0.114. The van der Waals surface area contributed by atoms with Crippen molar-refractivity contribution in [2.45, 2.75) is 13.5 Å². The monoisotopic (exact) mass is 504 g/mol. The number of para-hydroxylation sites is 1. The van der Waals surface area contributed by atoms with E-state index in [9.17, 15) is 4.79 Å². The summed E-state index contributed by atoms with van der Waals surface area (Å²) in [6.07, 6.45) is 3.25. The zero-order valence-electron chi connectivity index (χ0n) is 20.7. The van der Waals surface area contributed by atoms with Crippen molar-refractivity contribution >= 4 is 38.7 Å². The predicted octanol–water partition coefficient (Wildman–Crippen LogP) is 5.97. The molecule has 0 aliphatic rings. The molecule has 1 aromatic heterocycles. The van der Waals surface area contributed by atoms with Crippen LogP contribution in [0.2, 0.25) is 0 Å². The maximum Gasteiger partial charge on any atom is 0.253 e. The van der Waals surface area contributed by atoms with Gasteiger partial charge in [0.15, 0.2) is 16.6 Å². The van der Waals surface area contributed by atoms with Crippen LogP contribution in [0.5, 0.6) is 23.0 Å². The molecular formula is C28H28N2O5S. The second-order valence-corrected chi connectivity index (χ2v) is 8.74. The molecule has 3 aromatic carbocycles. The van der Waals surface area contributed by atoms with Gasteiger partial charge in [-0.25, -0.2) is 4.98 Å². The van der Waals surface area contributed by atoms with Crippen molar-refractivity contribution in [3.63, 3.8) is 0 Å². The molecule has 186 valence electrons. The van der Waals surface area contributed by atoms with E-state index < -0.39 is 0 Å². The number of amides is 1. The quantitative estimate of drug-likeness (QED) is 0.248. The van der Waals surface area contributed by atoms with Crippen LogP contribution in [0.25, 0.3) is 16.3 Å². The van der Waals surface area contributed by atoms with E-state index in [1.165, 1.54) is 17.4 Å². The number of ether oxygens (including phenoxy) is 4.